The van der Waals surface area contributed by atoms with Crippen LogP contribution in [0.1, 0.15) is 49.0 Å². The van der Waals surface area contributed by atoms with Crippen molar-refractivity contribution in [1.29, 1.82) is 0 Å². The third-order valence-electron chi connectivity index (χ3n) is 6.35. The lowest BCUT2D eigenvalue weighted by molar-refractivity contribution is -0.124. The molecule has 152 valence electrons. The van der Waals surface area contributed by atoms with Gasteiger partial charge < -0.3 is 15.1 Å². The van der Waals surface area contributed by atoms with E-state index in [0.717, 1.165) is 36.7 Å². The van der Waals surface area contributed by atoms with E-state index < -0.39 is 0 Å². The van der Waals surface area contributed by atoms with Crippen LogP contribution in [-0.2, 0) is 11.2 Å². The minimum atomic E-state index is -0.238. The van der Waals surface area contributed by atoms with Crippen molar-refractivity contribution in [2.75, 3.05) is 22.9 Å². The zero-order valence-corrected chi connectivity index (χ0v) is 17.1. The molecule has 7 heteroatoms. The van der Waals surface area contributed by atoms with E-state index in [2.05, 4.69) is 56.6 Å². The number of amides is 1. The number of aryl methyl sites for hydroxylation is 1. The predicted octanol–water partition coefficient (Wildman–Crippen LogP) is 2.27. The molecule has 3 aliphatic heterocycles. The molecule has 0 bridgehead atoms. The molecule has 2 fully saturated rings. The summed E-state index contributed by atoms with van der Waals surface area (Å²) in [6, 6.07) is 8.66. The first-order chi connectivity index (χ1) is 14.1. The van der Waals surface area contributed by atoms with E-state index in [0.29, 0.717) is 12.5 Å². The first-order valence-corrected chi connectivity index (χ1v) is 10.6. The number of para-hydroxylation sites is 1. The number of hydrogen-bond acceptors (Lipinski definition) is 6. The monoisotopic (exact) mass is 392 g/mol. The first-order valence-electron chi connectivity index (χ1n) is 10.6. The maximum absolute atomic E-state index is 12.6. The number of nitrogens with zero attached hydrogens (tertiary/aromatic N) is 4. The number of anilines is 2. The molecule has 0 radical (unpaired) electrons. The van der Waals surface area contributed by atoms with Gasteiger partial charge in [-0.1, -0.05) is 18.2 Å². The van der Waals surface area contributed by atoms with Gasteiger partial charge in [0.25, 0.3) is 0 Å². The summed E-state index contributed by atoms with van der Waals surface area (Å²) in [4.78, 5) is 26.5. The Morgan fingerprint density at radius 1 is 1.14 bits per heavy atom. The number of nitrogens with one attached hydrogen (secondary N) is 2. The molecule has 0 spiro atoms. The molecule has 7 nitrogen and oxygen atoms in total. The summed E-state index contributed by atoms with van der Waals surface area (Å²) in [6.45, 7) is 6.28. The average molecular weight is 393 g/mol. The van der Waals surface area contributed by atoms with E-state index in [1.54, 1.807) is 0 Å². The van der Waals surface area contributed by atoms with Gasteiger partial charge in [0.1, 0.15) is 0 Å². The molecule has 3 aliphatic rings. The molecule has 4 heterocycles. The van der Waals surface area contributed by atoms with E-state index in [1.165, 1.54) is 24.1 Å². The number of carbonyl (C=O) groups excluding carboxylic acids is 1. The van der Waals surface area contributed by atoms with Gasteiger partial charge in [-0.2, -0.15) is 0 Å². The summed E-state index contributed by atoms with van der Waals surface area (Å²) < 4.78 is 0. The quantitative estimate of drug-likeness (QED) is 0.835. The number of hydrogen-bond donors (Lipinski definition) is 2. The largest absolute Gasteiger partial charge is 0.341 e. The highest BCUT2D eigenvalue weighted by Crippen LogP contribution is 2.34. The molecule has 0 saturated carbocycles. The zero-order chi connectivity index (χ0) is 20.0. The first kappa shape index (κ1) is 18.4. The van der Waals surface area contributed by atoms with Crippen molar-refractivity contribution in [1.82, 2.24) is 20.6 Å². The molecule has 2 aromatic rings. The summed E-state index contributed by atoms with van der Waals surface area (Å²) in [5, 5.41) is 6.78. The van der Waals surface area contributed by atoms with Crippen LogP contribution < -0.4 is 20.4 Å². The second-order valence-corrected chi connectivity index (χ2v) is 8.39. The van der Waals surface area contributed by atoms with E-state index in [-0.39, 0.29) is 18.2 Å². The van der Waals surface area contributed by atoms with Gasteiger partial charge in [0.2, 0.25) is 11.9 Å². The molecule has 3 unspecified atom stereocenters. The highest BCUT2D eigenvalue weighted by atomic mass is 16.2. The van der Waals surface area contributed by atoms with Crippen molar-refractivity contribution in [3.8, 4) is 0 Å². The van der Waals surface area contributed by atoms with Crippen LogP contribution in [0.3, 0.4) is 0 Å². The van der Waals surface area contributed by atoms with Gasteiger partial charge in [-0.25, -0.2) is 9.97 Å². The van der Waals surface area contributed by atoms with Gasteiger partial charge in [0.15, 0.2) is 6.29 Å². The van der Waals surface area contributed by atoms with Gasteiger partial charge in [-0.15, -0.1) is 0 Å². The Kier molecular flexibility index (Phi) is 4.62. The minimum Gasteiger partial charge on any atom is -0.341 e. The van der Waals surface area contributed by atoms with Crippen LogP contribution in [0.5, 0.6) is 0 Å². The minimum absolute atomic E-state index is 0.0540. The van der Waals surface area contributed by atoms with Crippen LogP contribution >= 0.6 is 0 Å². The van der Waals surface area contributed by atoms with E-state index in [1.807, 2.05) is 13.1 Å². The zero-order valence-electron chi connectivity index (χ0n) is 17.1. The van der Waals surface area contributed by atoms with E-state index >= 15 is 0 Å². The third kappa shape index (κ3) is 3.33. The molecular weight excluding hydrogens is 364 g/mol. The van der Waals surface area contributed by atoms with Crippen molar-refractivity contribution in [2.24, 2.45) is 0 Å². The summed E-state index contributed by atoms with van der Waals surface area (Å²) in [5.74, 6) is 0.862. The number of benzene rings is 1. The SMILES string of the molecule is Cc1nc(N2CCCC2)ncc1C1CC(=O)NC(N2c3ccccc3CC2C)N1. The van der Waals surface area contributed by atoms with Crippen LogP contribution in [0.15, 0.2) is 30.5 Å². The molecule has 1 aromatic carbocycles. The molecule has 0 aliphatic carbocycles. The number of carbonyl (C=O) groups is 1. The second-order valence-electron chi connectivity index (χ2n) is 8.39. The van der Waals surface area contributed by atoms with Crippen LogP contribution in [0, 0.1) is 6.92 Å². The van der Waals surface area contributed by atoms with Crippen molar-refractivity contribution < 1.29 is 4.79 Å². The molecule has 2 N–H and O–H groups in total. The Labute approximate surface area is 171 Å². The Morgan fingerprint density at radius 3 is 2.72 bits per heavy atom. The topological polar surface area (TPSA) is 73.4 Å². The van der Waals surface area contributed by atoms with Crippen molar-refractivity contribution in [3.05, 3.63) is 47.3 Å². The smallest absolute Gasteiger partial charge is 0.225 e. The fraction of sp³-hybridized carbons (Fsp3) is 0.500. The lowest BCUT2D eigenvalue weighted by Crippen LogP contribution is -2.63. The highest BCUT2D eigenvalue weighted by Gasteiger charge is 2.37. The Balaban J connectivity index is 1.40. The second kappa shape index (κ2) is 7.30. The Hall–Kier alpha value is -2.67. The maximum atomic E-state index is 12.6. The van der Waals surface area contributed by atoms with E-state index in [4.69, 9.17) is 4.98 Å². The molecular formula is C22H28N6O. The van der Waals surface area contributed by atoms with Crippen molar-refractivity contribution in [3.63, 3.8) is 0 Å². The summed E-state index contributed by atoms with van der Waals surface area (Å²) >= 11 is 0. The molecule has 3 atom stereocenters. The van der Waals surface area contributed by atoms with Gasteiger partial charge in [-0.3, -0.25) is 10.1 Å². The molecule has 1 amide bonds. The predicted molar refractivity (Wildman–Crippen MR) is 113 cm³/mol. The lowest BCUT2D eigenvalue weighted by atomic mass is 10.0. The molecule has 29 heavy (non-hydrogen) atoms. The van der Waals surface area contributed by atoms with Crippen molar-refractivity contribution >= 4 is 17.5 Å². The standard InChI is InChI=1S/C22H28N6O/c1-14-11-16-7-3-4-8-19(16)28(14)22-25-18(12-20(29)26-22)17-13-23-21(24-15(17)2)27-9-5-6-10-27/h3-4,7-8,13-14,18,22,25H,5-6,9-12H2,1-2H3,(H,26,29). The van der Waals surface area contributed by atoms with Crippen LogP contribution in [0.2, 0.25) is 0 Å². The fourth-order valence-corrected chi connectivity index (χ4v) is 4.90. The molecule has 1 aromatic heterocycles. The summed E-state index contributed by atoms with van der Waals surface area (Å²) in [6.07, 6.45) is 5.45. The van der Waals surface area contributed by atoms with Gasteiger partial charge in [-0.05, 0) is 44.7 Å². The highest BCUT2D eigenvalue weighted by molar-refractivity contribution is 5.79. The van der Waals surface area contributed by atoms with Gasteiger partial charge >= 0.3 is 0 Å². The Morgan fingerprint density at radius 2 is 1.93 bits per heavy atom. The van der Waals surface area contributed by atoms with Crippen LogP contribution in [0.4, 0.5) is 11.6 Å². The van der Waals surface area contributed by atoms with E-state index in [9.17, 15) is 4.79 Å². The maximum Gasteiger partial charge on any atom is 0.225 e. The molecule has 5 rings (SSSR count). The van der Waals surface area contributed by atoms with Crippen molar-refractivity contribution in [2.45, 2.75) is 57.9 Å². The summed E-state index contributed by atoms with van der Waals surface area (Å²) in [7, 11) is 0. The number of rotatable bonds is 3. The van der Waals surface area contributed by atoms with Gasteiger partial charge in [0, 0.05) is 54.7 Å². The third-order valence-corrected chi connectivity index (χ3v) is 6.35. The fourth-order valence-electron chi connectivity index (χ4n) is 4.90. The normalized spacial score (nSPS) is 26.6. The average Bonchev–Trinajstić information content (AvgIpc) is 3.34. The van der Waals surface area contributed by atoms with Crippen LogP contribution in [-0.4, -0.2) is 41.3 Å². The number of fused-ring (bicyclic) bond motifs is 1. The Bertz CT molecular complexity index is 925. The molecule has 2 saturated heterocycles. The van der Waals surface area contributed by atoms with Crippen LogP contribution in [0.25, 0.3) is 0 Å². The number of aromatic nitrogens is 2. The lowest BCUT2D eigenvalue weighted by Gasteiger charge is -2.40. The summed E-state index contributed by atoms with van der Waals surface area (Å²) in [5.41, 5.74) is 4.47. The van der Waals surface area contributed by atoms with Gasteiger partial charge in [0.05, 0.1) is 0 Å².